The Hall–Kier alpha value is -1.62. The van der Waals surface area contributed by atoms with Crippen molar-refractivity contribution in [3.8, 4) is 0 Å². The van der Waals surface area contributed by atoms with Gasteiger partial charge in [0.15, 0.2) is 12.2 Å². The maximum absolute atomic E-state index is 13.0. The van der Waals surface area contributed by atoms with Crippen LogP contribution in [0.2, 0.25) is 10.0 Å². The summed E-state index contributed by atoms with van der Waals surface area (Å²) in [6, 6.07) is 9.34. The lowest BCUT2D eigenvalue weighted by Crippen LogP contribution is -3.12. The van der Waals surface area contributed by atoms with E-state index in [0.29, 0.717) is 10.0 Å². The molecule has 0 saturated carbocycles. The van der Waals surface area contributed by atoms with Crippen molar-refractivity contribution in [1.82, 2.24) is 4.98 Å². The molecule has 0 spiro atoms. The number of pyridine rings is 1. The van der Waals surface area contributed by atoms with E-state index in [0.717, 1.165) is 30.6 Å². The van der Waals surface area contributed by atoms with E-state index in [1.54, 1.807) is 18.3 Å². The standard InChI is InChI=1S/C17H15Cl2N3O/c18-13-6-5-12(9-14(13)19)22-16(11-3-1-7-20-10-11)21-8-2-4-15(21)17(22)23/h1,3,5-7,9-10,15-16H,2,4,8H2/p+1. The van der Waals surface area contributed by atoms with Crippen molar-refractivity contribution in [2.75, 3.05) is 11.4 Å². The van der Waals surface area contributed by atoms with Gasteiger partial charge in [0.25, 0.3) is 5.91 Å². The summed E-state index contributed by atoms with van der Waals surface area (Å²) in [6.07, 6.45) is 5.55. The van der Waals surface area contributed by atoms with Crippen LogP contribution in [0.4, 0.5) is 5.69 Å². The third kappa shape index (κ3) is 2.42. The van der Waals surface area contributed by atoms with E-state index in [1.165, 1.54) is 4.90 Å². The van der Waals surface area contributed by atoms with Crippen molar-refractivity contribution in [2.24, 2.45) is 0 Å². The Morgan fingerprint density at radius 1 is 1.22 bits per heavy atom. The number of rotatable bonds is 2. The highest BCUT2D eigenvalue weighted by molar-refractivity contribution is 6.42. The largest absolute Gasteiger partial charge is 0.301 e. The molecule has 1 N–H and O–H groups in total. The second-order valence-corrected chi connectivity index (χ2v) is 6.83. The van der Waals surface area contributed by atoms with Crippen molar-refractivity contribution >= 4 is 34.8 Å². The van der Waals surface area contributed by atoms with E-state index in [1.807, 2.05) is 29.3 Å². The highest BCUT2D eigenvalue weighted by Crippen LogP contribution is 2.34. The number of amides is 1. The van der Waals surface area contributed by atoms with E-state index in [-0.39, 0.29) is 18.1 Å². The molecule has 0 bridgehead atoms. The van der Waals surface area contributed by atoms with Crippen LogP contribution < -0.4 is 9.80 Å². The topological polar surface area (TPSA) is 37.6 Å². The number of anilines is 1. The SMILES string of the molecule is O=C1C2CCC[NH+]2C(c2cccnc2)N1c1ccc(Cl)c(Cl)c1. The summed E-state index contributed by atoms with van der Waals surface area (Å²) in [5, 5.41) is 0.955. The first-order valence-electron chi connectivity index (χ1n) is 7.70. The Labute approximate surface area is 144 Å². The number of halogens is 2. The van der Waals surface area contributed by atoms with Gasteiger partial charge in [-0.25, -0.2) is 0 Å². The molecule has 4 nitrogen and oxygen atoms in total. The van der Waals surface area contributed by atoms with Gasteiger partial charge >= 0.3 is 0 Å². The molecule has 1 aromatic carbocycles. The van der Waals surface area contributed by atoms with Gasteiger partial charge in [-0.3, -0.25) is 14.7 Å². The second kappa shape index (κ2) is 5.78. The molecule has 2 aliphatic rings. The van der Waals surface area contributed by atoms with Gasteiger partial charge in [-0.2, -0.15) is 0 Å². The third-order valence-electron chi connectivity index (χ3n) is 4.73. The van der Waals surface area contributed by atoms with Crippen LogP contribution in [-0.2, 0) is 4.79 Å². The summed E-state index contributed by atoms with van der Waals surface area (Å²) in [4.78, 5) is 20.4. The number of hydrogen-bond acceptors (Lipinski definition) is 2. The molecule has 118 valence electrons. The Kier molecular flexibility index (Phi) is 3.76. The highest BCUT2D eigenvalue weighted by Gasteiger charge is 2.53. The minimum atomic E-state index is -0.0547. The van der Waals surface area contributed by atoms with Crippen LogP contribution in [0.15, 0.2) is 42.7 Å². The highest BCUT2D eigenvalue weighted by atomic mass is 35.5. The molecule has 1 aromatic heterocycles. The van der Waals surface area contributed by atoms with E-state index in [4.69, 9.17) is 23.2 Å². The number of hydrogen-bond donors (Lipinski definition) is 1. The van der Waals surface area contributed by atoms with Crippen LogP contribution in [0.3, 0.4) is 0 Å². The zero-order valence-corrected chi connectivity index (χ0v) is 13.9. The van der Waals surface area contributed by atoms with Crippen LogP contribution in [0.5, 0.6) is 0 Å². The van der Waals surface area contributed by atoms with Gasteiger partial charge in [-0.1, -0.05) is 23.2 Å². The summed E-state index contributed by atoms with van der Waals surface area (Å²) in [5.74, 6) is 0.157. The monoisotopic (exact) mass is 348 g/mol. The predicted molar refractivity (Wildman–Crippen MR) is 89.8 cm³/mol. The van der Waals surface area contributed by atoms with E-state index in [2.05, 4.69) is 4.98 Å². The average Bonchev–Trinajstić information content (AvgIpc) is 3.13. The Morgan fingerprint density at radius 2 is 2.09 bits per heavy atom. The number of carbonyl (C=O) groups is 1. The first kappa shape index (κ1) is 14.9. The molecule has 0 aliphatic carbocycles. The molecule has 23 heavy (non-hydrogen) atoms. The maximum Gasteiger partial charge on any atom is 0.290 e. The fraction of sp³-hybridized carbons (Fsp3) is 0.294. The first-order chi connectivity index (χ1) is 11.2. The molecule has 1 amide bonds. The third-order valence-corrected chi connectivity index (χ3v) is 5.47. The lowest BCUT2D eigenvalue weighted by atomic mass is 10.1. The normalized spacial score (nSPS) is 26.6. The number of nitrogens with one attached hydrogen (secondary N) is 1. The molecule has 4 rings (SSSR count). The summed E-state index contributed by atoms with van der Waals surface area (Å²) >= 11 is 12.2. The van der Waals surface area contributed by atoms with E-state index in [9.17, 15) is 4.79 Å². The number of carbonyl (C=O) groups excluding carboxylic acids is 1. The predicted octanol–water partition coefficient (Wildman–Crippen LogP) is 2.48. The Morgan fingerprint density at radius 3 is 2.83 bits per heavy atom. The average molecular weight is 349 g/mol. The zero-order valence-electron chi connectivity index (χ0n) is 12.4. The molecule has 6 heteroatoms. The molecule has 2 saturated heterocycles. The van der Waals surface area contributed by atoms with Gasteiger partial charge in [0.05, 0.1) is 22.3 Å². The molecule has 3 atom stereocenters. The van der Waals surface area contributed by atoms with Crippen LogP contribution >= 0.6 is 23.2 Å². The Balaban J connectivity index is 1.82. The quantitative estimate of drug-likeness (QED) is 0.905. The van der Waals surface area contributed by atoms with Gasteiger partial charge in [-0.15, -0.1) is 0 Å². The minimum absolute atomic E-state index is 0.0228. The summed E-state index contributed by atoms with van der Waals surface area (Å²) in [6.45, 7) is 0.994. The molecule has 2 aliphatic heterocycles. The van der Waals surface area contributed by atoms with Gasteiger partial charge in [-0.05, 0) is 30.3 Å². The summed E-state index contributed by atoms with van der Waals surface area (Å²) < 4.78 is 0. The molecule has 2 fully saturated rings. The molecule has 3 heterocycles. The molecule has 3 unspecified atom stereocenters. The lowest BCUT2D eigenvalue weighted by molar-refractivity contribution is -0.924. The van der Waals surface area contributed by atoms with Gasteiger partial charge in [0, 0.05) is 30.8 Å². The maximum atomic E-state index is 13.0. The van der Waals surface area contributed by atoms with Crippen molar-refractivity contribution in [3.63, 3.8) is 0 Å². The number of fused-ring (bicyclic) bond motifs is 1. The number of benzene rings is 1. The molecule has 0 radical (unpaired) electrons. The van der Waals surface area contributed by atoms with Crippen LogP contribution in [-0.4, -0.2) is 23.5 Å². The summed E-state index contributed by atoms with van der Waals surface area (Å²) in [7, 11) is 0. The minimum Gasteiger partial charge on any atom is -0.301 e. The Bertz CT molecular complexity index is 753. The number of aromatic nitrogens is 1. The number of quaternary nitrogens is 1. The lowest BCUT2D eigenvalue weighted by Gasteiger charge is -2.26. The fourth-order valence-corrected chi connectivity index (χ4v) is 4.04. The molecular weight excluding hydrogens is 333 g/mol. The second-order valence-electron chi connectivity index (χ2n) is 6.02. The van der Waals surface area contributed by atoms with Gasteiger partial charge < -0.3 is 4.90 Å². The molecular formula is C17H16Cl2N3O+. The van der Waals surface area contributed by atoms with Crippen LogP contribution in [0, 0.1) is 0 Å². The summed E-state index contributed by atoms with van der Waals surface area (Å²) in [5.41, 5.74) is 1.84. The number of nitrogens with zero attached hydrogens (tertiary/aromatic N) is 2. The van der Waals surface area contributed by atoms with Crippen molar-refractivity contribution in [3.05, 3.63) is 58.3 Å². The zero-order chi connectivity index (χ0) is 16.0. The first-order valence-corrected chi connectivity index (χ1v) is 8.46. The smallest absolute Gasteiger partial charge is 0.290 e. The van der Waals surface area contributed by atoms with E-state index < -0.39 is 0 Å². The fourth-order valence-electron chi connectivity index (χ4n) is 3.75. The van der Waals surface area contributed by atoms with E-state index >= 15 is 0 Å². The van der Waals surface area contributed by atoms with Gasteiger partial charge in [0.1, 0.15) is 0 Å². The van der Waals surface area contributed by atoms with Crippen LogP contribution in [0.1, 0.15) is 24.6 Å². The van der Waals surface area contributed by atoms with Crippen molar-refractivity contribution in [1.29, 1.82) is 0 Å². The van der Waals surface area contributed by atoms with Gasteiger partial charge in [0.2, 0.25) is 0 Å². The van der Waals surface area contributed by atoms with Crippen molar-refractivity contribution in [2.45, 2.75) is 25.0 Å². The van der Waals surface area contributed by atoms with Crippen LogP contribution in [0.25, 0.3) is 0 Å². The van der Waals surface area contributed by atoms with Crippen molar-refractivity contribution < 1.29 is 9.69 Å². The molecule has 2 aromatic rings.